The van der Waals surface area contributed by atoms with Crippen molar-refractivity contribution in [1.82, 2.24) is 0 Å². The van der Waals surface area contributed by atoms with E-state index in [1.165, 1.54) is 5.56 Å². The smallest absolute Gasteiger partial charge is 0.242 e. The Kier molecular flexibility index (Phi) is 5.26. The molecule has 1 aromatic rings. The van der Waals surface area contributed by atoms with E-state index in [2.05, 4.69) is 0 Å². The standard InChI is InChI=1S/C12H17F2N/c13-12(14)9-11-6-4-10(5-7-11)3-1-2-8-15/h4-7,12H,1-3,8-9,15H2. The fourth-order valence-corrected chi connectivity index (χ4v) is 1.49. The van der Waals surface area contributed by atoms with Crippen LogP contribution in [0.1, 0.15) is 24.0 Å². The van der Waals surface area contributed by atoms with Gasteiger partial charge in [0.15, 0.2) is 0 Å². The maximum Gasteiger partial charge on any atom is 0.242 e. The van der Waals surface area contributed by atoms with Crippen LogP contribution in [0.3, 0.4) is 0 Å². The molecule has 0 amide bonds. The molecule has 0 heterocycles. The zero-order chi connectivity index (χ0) is 11.1. The number of halogens is 2. The summed E-state index contributed by atoms with van der Waals surface area (Å²) in [7, 11) is 0. The third kappa shape index (κ3) is 4.88. The monoisotopic (exact) mass is 213 g/mol. The fraction of sp³-hybridized carbons (Fsp3) is 0.500. The summed E-state index contributed by atoms with van der Waals surface area (Å²) in [5.41, 5.74) is 7.29. The lowest BCUT2D eigenvalue weighted by Gasteiger charge is -2.03. The van der Waals surface area contributed by atoms with Crippen LogP contribution in [0.4, 0.5) is 8.78 Å². The van der Waals surface area contributed by atoms with Crippen LogP contribution in [-0.2, 0) is 12.8 Å². The average molecular weight is 213 g/mol. The molecule has 0 aliphatic heterocycles. The zero-order valence-corrected chi connectivity index (χ0v) is 8.76. The second kappa shape index (κ2) is 6.51. The maximum atomic E-state index is 12.1. The minimum atomic E-state index is -2.26. The first kappa shape index (κ1) is 12.1. The van der Waals surface area contributed by atoms with Crippen molar-refractivity contribution in [2.75, 3.05) is 6.54 Å². The molecule has 0 radical (unpaired) electrons. The Balaban J connectivity index is 2.42. The first-order valence-electron chi connectivity index (χ1n) is 5.28. The molecular formula is C12H17F2N. The highest BCUT2D eigenvalue weighted by molar-refractivity contribution is 5.22. The van der Waals surface area contributed by atoms with Crippen LogP contribution in [0.15, 0.2) is 24.3 Å². The van der Waals surface area contributed by atoms with Crippen molar-refractivity contribution in [2.24, 2.45) is 5.73 Å². The van der Waals surface area contributed by atoms with Gasteiger partial charge in [-0.2, -0.15) is 0 Å². The zero-order valence-electron chi connectivity index (χ0n) is 8.76. The molecule has 3 heteroatoms. The number of nitrogens with two attached hydrogens (primary N) is 1. The Morgan fingerprint density at radius 2 is 1.60 bits per heavy atom. The van der Waals surface area contributed by atoms with E-state index in [1.807, 2.05) is 12.1 Å². The van der Waals surface area contributed by atoms with E-state index in [0.717, 1.165) is 19.3 Å². The first-order chi connectivity index (χ1) is 7.22. The minimum Gasteiger partial charge on any atom is -0.330 e. The van der Waals surface area contributed by atoms with E-state index >= 15 is 0 Å². The van der Waals surface area contributed by atoms with E-state index in [0.29, 0.717) is 12.1 Å². The van der Waals surface area contributed by atoms with Gasteiger partial charge in [0.25, 0.3) is 0 Å². The van der Waals surface area contributed by atoms with Crippen LogP contribution < -0.4 is 5.73 Å². The SMILES string of the molecule is NCCCCc1ccc(CC(F)F)cc1. The van der Waals surface area contributed by atoms with Gasteiger partial charge < -0.3 is 5.73 Å². The molecule has 0 bridgehead atoms. The first-order valence-corrected chi connectivity index (χ1v) is 5.28. The Bertz CT molecular complexity index is 269. The number of hydrogen-bond donors (Lipinski definition) is 1. The number of alkyl halides is 2. The summed E-state index contributed by atoms with van der Waals surface area (Å²) in [6, 6.07) is 7.41. The van der Waals surface area contributed by atoms with E-state index in [1.54, 1.807) is 12.1 Å². The molecule has 0 saturated carbocycles. The molecule has 0 aromatic heterocycles. The molecule has 15 heavy (non-hydrogen) atoms. The summed E-state index contributed by atoms with van der Waals surface area (Å²) in [6.45, 7) is 0.712. The molecule has 0 unspecified atom stereocenters. The highest BCUT2D eigenvalue weighted by Crippen LogP contribution is 2.11. The van der Waals surface area contributed by atoms with Gasteiger partial charge in [-0.15, -0.1) is 0 Å². The Hall–Kier alpha value is -0.960. The van der Waals surface area contributed by atoms with Crippen molar-refractivity contribution >= 4 is 0 Å². The summed E-state index contributed by atoms with van der Waals surface area (Å²) < 4.78 is 24.1. The third-order valence-corrected chi connectivity index (χ3v) is 2.33. The molecular weight excluding hydrogens is 196 g/mol. The van der Waals surface area contributed by atoms with Gasteiger partial charge in [-0.1, -0.05) is 24.3 Å². The van der Waals surface area contributed by atoms with Gasteiger partial charge in [0.05, 0.1) is 0 Å². The van der Waals surface area contributed by atoms with Crippen molar-refractivity contribution in [3.63, 3.8) is 0 Å². The van der Waals surface area contributed by atoms with Crippen molar-refractivity contribution in [2.45, 2.75) is 32.1 Å². The van der Waals surface area contributed by atoms with Crippen molar-refractivity contribution in [3.8, 4) is 0 Å². The molecule has 0 aliphatic carbocycles. The van der Waals surface area contributed by atoms with E-state index in [4.69, 9.17) is 5.73 Å². The Morgan fingerprint density at radius 1 is 1.00 bits per heavy atom. The topological polar surface area (TPSA) is 26.0 Å². The van der Waals surface area contributed by atoms with Crippen LogP contribution in [0, 0.1) is 0 Å². The number of rotatable bonds is 6. The largest absolute Gasteiger partial charge is 0.330 e. The van der Waals surface area contributed by atoms with Crippen LogP contribution in [-0.4, -0.2) is 13.0 Å². The van der Waals surface area contributed by atoms with Crippen LogP contribution >= 0.6 is 0 Å². The highest BCUT2D eigenvalue weighted by Gasteiger charge is 2.03. The van der Waals surface area contributed by atoms with Crippen molar-refractivity contribution < 1.29 is 8.78 Å². The third-order valence-electron chi connectivity index (χ3n) is 2.33. The molecule has 0 spiro atoms. The van der Waals surface area contributed by atoms with Gasteiger partial charge in [0, 0.05) is 6.42 Å². The molecule has 1 aromatic carbocycles. The average Bonchev–Trinajstić information content (AvgIpc) is 2.20. The molecule has 0 fully saturated rings. The highest BCUT2D eigenvalue weighted by atomic mass is 19.3. The lowest BCUT2D eigenvalue weighted by molar-refractivity contribution is 0.149. The van der Waals surface area contributed by atoms with Gasteiger partial charge in [-0.05, 0) is 36.9 Å². The van der Waals surface area contributed by atoms with Gasteiger partial charge in [0.2, 0.25) is 6.43 Å². The Morgan fingerprint density at radius 3 is 2.13 bits per heavy atom. The summed E-state index contributed by atoms with van der Waals surface area (Å²) in [4.78, 5) is 0. The summed E-state index contributed by atoms with van der Waals surface area (Å²) in [5, 5.41) is 0. The Labute approximate surface area is 89.3 Å². The van der Waals surface area contributed by atoms with Crippen LogP contribution in [0.2, 0.25) is 0 Å². The number of unbranched alkanes of at least 4 members (excludes halogenated alkanes) is 1. The van der Waals surface area contributed by atoms with E-state index < -0.39 is 6.43 Å². The number of aryl methyl sites for hydroxylation is 1. The number of hydrogen-bond acceptors (Lipinski definition) is 1. The van der Waals surface area contributed by atoms with E-state index in [-0.39, 0.29) is 6.42 Å². The van der Waals surface area contributed by atoms with Crippen molar-refractivity contribution in [1.29, 1.82) is 0 Å². The lowest BCUT2D eigenvalue weighted by atomic mass is 10.0. The molecule has 84 valence electrons. The predicted octanol–water partition coefficient (Wildman–Crippen LogP) is 2.78. The summed E-state index contributed by atoms with van der Waals surface area (Å²) in [5.74, 6) is 0. The normalized spacial score (nSPS) is 10.9. The molecule has 0 aliphatic rings. The molecule has 1 rings (SSSR count). The van der Waals surface area contributed by atoms with Gasteiger partial charge >= 0.3 is 0 Å². The minimum absolute atomic E-state index is 0.150. The second-order valence-electron chi connectivity index (χ2n) is 3.66. The van der Waals surface area contributed by atoms with Gasteiger partial charge in [-0.25, -0.2) is 8.78 Å². The molecule has 2 N–H and O–H groups in total. The summed E-state index contributed by atoms with van der Waals surface area (Å²) >= 11 is 0. The van der Waals surface area contributed by atoms with E-state index in [9.17, 15) is 8.78 Å². The second-order valence-corrected chi connectivity index (χ2v) is 3.66. The quantitative estimate of drug-likeness (QED) is 0.722. The lowest BCUT2D eigenvalue weighted by Crippen LogP contribution is -1.99. The molecule has 0 saturated heterocycles. The van der Waals surface area contributed by atoms with Gasteiger partial charge in [0.1, 0.15) is 0 Å². The molecule has 1 nitrogen and oxygen atoms in total. The van der Waals surface area contributed by atoms with Crippen molar-refractivity contribution in [3.05, 3.63) is 35.4 Å². The van der Waals surface area contributed by atoms with Gasteiger partial charge in [-0.3, -0.25) is 0 Å². The fourth-order valence-electron chi connectivity index (χ4n) is 1.49. The summed E-state index contributed by atoms with van der Waals surface area (Å²) in [6.07, 6.45) is 0.645. The van der Waals surface area contributed by atoms with Crippen LogP contribution in [0.25, 0.3) is 0 Å². The number of benzene rings is 1. The maximum absolute atomic E-state index is 12.1. The molecule has 0 atom stereocenters. The van der Waals surface area contributed by atoms with Crippen LogP contribution in [0.5, 0.6) is 0 Å². The predicted molar refractivity (Wildman–Crippen MR) is 58.1 cm³/mol.